The number of aliphatic imine (C=N–C) groups is 1. The Morgan fingerprint density at radius 1 is 1.16 bits per heavy atom. The third-order valence-corrected chi connectivity index (χ3v) is 5.67. The SMILES string of the molecule is COC(=NCCN)c1ccc2c(c1)S(=O)(=O)c1ccc(F)cc1C2=O. The Bertz CT molecular complexity index is 1000. The molecule has 0 bridgehead atoms. The standard InChI is InChI=1S/C17H15FN2O4S/c1-24-17(20-7-6-19)10-2-4-12-15(8-10)25(22,23)14-5-3-11(18)9-13(14)16(12)21/h2-5,8-9H,6-7,19H2,1H3. The summed E-state index contributed by atoms with van der Waals surface area (Å²) in [5, 5.41) is 0. The number of carbonyl (C=O) groups is 1. The van der Waals surface area contributed by atoms with Crippen LogP contribution in [0.4, 0.5) is 4.39 Å². The predicted octanol–water partition coefficient (Wildman–Crippen LogP) is 1.55. The molecule has 6 nitrogen and oxygen atoms in total. The van der Waals surface area contributed by atoms with E-state index in [1.54, 1.807) is 0 Å². The van der Waals surface area contributed by atoms with Gasteiger partial charge in [0.05, 0.1) is 23.4 Å². The van der Waals surface area contributed by atoms with Crippen molar-refractivity contribution in [1.29, 1.82) is 0 Å². The van der Waals surface area contributed by atoms with E-state index in [9.17, 15) is 17.6 Å². The number of sulfone groups is 1. The van der Waals surface area contributed by atoms with Gasteiger partial charge in [-0.15, -0.1) is 0 Å². The van der Waals surface area contributed by atoms with Crippen molar-refractivity contribution < 1.29 is 22.3 Å². The van der Waals surface area contributed by atoms with E-state index in [1.807, 2.05) is 0 Å². The quantitative estimate of drug-likeness (QED) is 0.433. The monoisotopic (exact) mass is 362 g/mol. The van der Waals surface area contributed by atoms with Gasteiger partial charge in [-0.2, -0.15) is 0 Å². The van der Waals surface area contributed by atoms with Gasteiger partial charge in [0, 0.05) is 23.2 Å². The Balaban J connectivity index is 2.21. The van der Waals surface area contributed by atoms with Gasteiger partial charge in [-0.25, -0.2) is 17.8 Å². The number of benzene rings is 2. The van der Waals surface area contributed by atoms with Gasteiger partial charge in [0.2, 0.25) is 15.7 Å². The van der Waals surface area contributed by atoms with Gasteiger partial charge in [0.25, 0.3) is 0 Å². The Hall–Kier alpha value is -2.58. The molecule has 8 heteroatoms. The van der Waals surface area contributed by atoms with Crippen LogP contribution in [0.15, 0.2) is 51.2 Å². The number of carbonyl (C=O) groups excluding carboxylic acids is 1. The molecule has 2 aromatic carbocycles. The topological polar surface area (TPSA) is 98.8 Å². The van der Waals surface area contributed by atoms with E-state index in [0.717, 1.165) is 18.2 Å². The van der Waals surface area contributed by atoms with E-state index in [-0.39, 0.29) is 26.8 Å². The van der Waals surface area contributed by atoms with Crippen LogP contribution in [0.25, 0.3) is 0 Å². The number of fused-ring (bicyclic) bond motifs is 2. The minimum absolute atomic E-state index is 0.00359. The van der Waals surface area contributed by atoms with Gasteiger partial charge in [-0.3, -0.25) is 4.79 Å². The largest absolute Gasteiger partial charge is 0.481 e. The van der Waals surface area contributed by atoms with Crippen LogP contribution in [0.3, 0.4) is 0 Å². The fourth-order valence-corrected chi connectivity index (χ4v) is 4.34. The number of rotatable bonds is 3. The zero-order valence-electron chi connectivity index (χ0n) is 13.3. The summed E-state index contributed by atoms with van der Waals surface area (Å²) < 4.78 is 44.3. The molecule has 1 aliphatic heterocycles. The van der Waals surface area contributed by atoms with Crippen molar-refractivity contribution in [3.8, 4) is 0 Å². The van der Waals surface area contributed by atoms with E-state index in [2.05, 4.69) is 4.99 Å². The van der Waals surface area contributed by atoms with Crippen LogP contribution in [-0.2, 0) is 14.6 Å². The molecule has 0 saturated carbocycles. The van der Waals surface area contributed by atoms with E-state index in [4.69, 9.17) is 10.5 Å². The molecule has 1 heterocycles. The van der Waals surface area contributed by atoms with Crippen molar-refractivity contribution in [2.45, 2.75) is 9.79 Å². The Kier molecular flexibility index (Phi) is 4.40. The predicted molar refractivity (Wildman–Crippen MR) is 89.2 cm³/mol. The third-order valence-electron chi connectivity index (χ3n) is 3.82. The van der Waals surface area contributed by atoms with Gasteiger partial charge >= 0.3 is 0 Å². The second-order valence-corrected chi connectivity index (χ2v) is 7.25. The summed E-state index contributed by atoms with van der Waals surface area (Å²) in [6.07, 6.45) is 0. The number of nitrogens with zero attached hydrogens (tertiary/aromatic N) is 1. The second kappa shape index (κ2) is 6.38. The Labute approximate surface area is 144 Å². The average molecular weight is 362 g/mol. The van der Waals surface area contributed by atoms with Crippen LogP contribution < -0.4 is 5.73 Å². The van der Waals surface area contributed by atoms with Crippen molar-refractivity contribution in [2.75, 3.05) is 20.2 Å². The van der Waals surface area contributed by atoms with Gasteiger partial charge in [-0.05, 0) is 36.4 Å². The number of nitrogens with two attached hydrogens (primary N) is 1. The first-order valence-electron chi connectivity index (χ1n) is 7.42. The molecule has 0 radical (unpaired) electrons. The summed E-state index contributed by atoms with van der Waals surface area (Å²) in [5.74, 6) is -0.984. The lowest BCUT2D eigenvalue weighted by molar-refractivity contribution is 0.103. The van der Waals surface area contributed by atoms with Gasteiger partial charge in [0.1, 0.15) is 5.82 Å². The number of hydrogen-bond acceptors (Lipinski definition) is 6. The van der Waals surface area contributed by atoms with Crippen molar-refractivity contribution in [2.24, 2.45) is 10.7 Å². The van der Waals surface area contributed by atoms with Crippen LogP contribution in [0, 0.1) is 5.82 Å². The highest BCUT2D eigenvalue weighted by atomic mass is 32.2. The van der Waals surface area contributed by atoms with Gasteiger partial charge in [0.15, 0.2) is 5.78 Å². The zero-order valence-corrected chi connectivity index (χ0v) is 14.1. The maximum Gasteiger partial charge on any atom is 0.215 e. The maximum atomic E-state index is 13.4. The highest BCUT2D eigenvalue weighted by Crippen LogP contribution is 2.35. The fraction of sp³-hybridized carbons (Fsp3) is 0.176. The molecule has 2 aromatic rings. The van der Waals surface area contributed by atoms with Crippen LogP contribution in [0.1, 0.15) is 21.5 Å². The van der Waals surface area contributed by atoms with E-state index in [1.165, 1.54) is 25.3 Å². The van der Waals surface area contributed by atoms with Crippen LogP contribution >= 0.6 is 0 Å². The summed E-state index contributed by atoms with van der Waals surface area (Å²) in [6, 6.07) is 7.32. The van der Waals surface area contributed by atoms with E-state index >= 15 is 0 Å². The molecule has 0 spiro atoms. The van der Waals surface area contributed by atoms with Crippen molar-refractivity contribution in [3.63, 3.8) is 0 Å². The molecule has 0 fully saturated rings. The molecule has 0 aliphatic carbocycles. The molecule has 25 heavy (non-hydrogen) atoms. The number of ketones is 1. The Morgan fingerprint density at radius 2 is 1.92 bits per heavy atom. The smallest absolute Gasteiger partial charge is 0.215 e. The average Bonchev–Trinajstić information content (AvgIpc) is 2.60. The molecule has 2 N–H and O–H groups in total. The molecular weight excluding hydrogens is 347 g/mol. The maximum absolute atomic E-state index is 13.4. The van der Waals surface area contributed by atoms with Crippen molar-refractivity contribution in [3.05, 3.63) is 58.9 Å². The minimum atomic E-state index is -3.96. The minimum Gasteiger partial charge on any atom is -0.481 e. The lowest BCUT2D eigenvalue weighted by atomic mass is 10.0. The fourth-order valence-electron chi connectivity index (χ4n) is 2.68. The molecule has 0 unspecified atom stereocenters. The summed E-state index contributed by atoms with van der Waals surface area (Å²) in [6.45, 7) is 0.627. The van der Waals surface area contributed by atoms with E-state index < -0.39 is 21.4 Å². The summed E-state index contributed by atoms with van der Waals surface area (Å²) >= 11 is 0. The number of halogens is 1. The highest BCUT2D eigenvalue weighted by molar-refractivity contribution is 7.91. The molecular formula is C17H15FN2O4S. The second-order valence-electron chi connectivity index (χ2n) is 5.36. The molecule has 130 valence electrons. The normalized spacial score (nSPS) is 15.5. The molecule has 3 rings (SSSR count). The number of hydrogen-bond donors (Lipinski definition) is 1. The van der Waals surface area contributed by atoms with Gasteiger partial charge < -0.3 is 10.5 Å². The lowest BCUT2D eigenvalue weighted by Crippen LogP contribution is -2.21. The summed E-state index contributed by atoms with van der Waals surface area (Å²) in [5.41, 5.74) is 5.66. The number of ether oxygens (including phenoxy) is 1. The molecule has 1 aliphatic rings. The zero-order chi connectivity index (χ0) is 18.2. The molecule has 0 amide bonds. The van der Waals surface area contributed by atoms with E-state index in [0.29, 0.717) is 18.7 Å². The summed E-state index contributed by atoms with van der Waals surface area (Å²) in [7, 11) is -2.55. The third kappa shape index (κ3) is 2.83. The summed E-state index contributed by atoms with van der Waals surface area (Å²) in [4.78, 5) is 16.4. The van der Waals surface area contributed by atoms with Crippen molar-refractivity contribution in [1.82, 2.24) is 0 Å². The Morgan fingerprint density at radius 3 is 2.60 bits per heavy atom. The number of methoxy groups -OCH3 is 1. The van der Waals surface area contributed by atoms with Crippen molar-refractivity contribution >= 4 is 21.5 Å². The first-order chi connectivity index (χ1) is 11.9. The molecule has 0 aromatic heterocycles. The van der Waals surface area contributed by atoms with Crippen LogP contribution in [0.5, 0.6) is 0 Å². The van der Waals surface area contributed by atoms with Crippen LogP contribution in [-0.4, -0.2) is 40.3 Å². The van der Waals surface area contributed by atoms with Crippen LogP contribution in [0.2, 0.25) is 0 Å². The molecule has 0 atom stereocenters. The first kappa shape index (κ1) is 17.2. The first-order valence-corrected chi connectivity index (χ1v) is 8.90. The highest BCUT2D eigenvalue weighted by Gasteiger charge is 2.35. The molecule has 0 saturated heterocycles. The lowest BCUT2D eigenvalue weighted by Gasteiger charge is -2.19. The van der Waals surface area contributed by atoms with Gasteiger partial charge in [-0.1, -0.05) is 0 Å².